The second kappa shape index (κ2) is 6.41. The second-order valence-electron chi connectivity index (χ2n) is 4.15. The minimum absolute atomic E-state index is 0.249. The lowest BCUT2D eigenvalue weighted by atomic mass is 10.3. The van der Waals surface area contributed by atoms with Gasteiger partial charge in [-0.05, 0) is 38.8 Å². The van der Waals surface area contributed by atoms with Gasteiger partial charge in [-0.15, -0.1) is 0 Å². The molecular formula is C14H22O2. The second-order valence-corrected chi connectivity index (χ2v) is 4.15. The van der Waals surface area contributed by atoms with Crippen molar-refractivity contribution < 1.29 is 9.47 Å². The van der Waals surface area contributed by atoms with Crippen LogP contribution >= 0.6 is 0 Å². The van der Waals surface area contributed by atoms with Gasteiger partial charge in [0.05, 0.1) is 12.2 Å². The van der Waals surface area contributed by atoms with Gasteiger partial charge in [-0.2, -0.15) is 0 Å². The SMILES string of the molecule is CCC(C)Oc1cccc(OC(C)CC)c1. The smallest absolute Gasteiger partial charge is 0.123 e. The molecule has 1 rings (SSSR count). The third-order valence-electron chi connectivity index (χ3n) is 2.63. The molecule has 0 heterocycles. The number of ether oxygens (including phenoxy) is 2. The lowest BCUT2D eigenvalue weighted by Crippen LogP contribution is -2.11. The molecule has 0 aliphatic carbocycles. The van der Waals surface area contributed by atoms with Gasteiger partial charge in [-0.1, -0.05) is 19.9 Å². The van der Waals surface area contributed by atoms with Crippen molar-refractivity contribution in [2.75, 3.05) is 0 Å². The Balaban J connectivity index is 2.63. The molecule has 0 radical (unpaired) electrons. The summed E-state index contributed by atoms with van der Waals surface area (Å²) in [6.07, 6.45) is 2.52. The van der Waals surface area contributed by atoms with Gasteiger partial charge in [0.25, 0.3) is 0 Å². The summed E-state index contributed by atoms with van der Waals surface area (Å²) in [5, 5.41) is 0. The van der Waals surface area contributed by atoms with Crippen LogP contribution in [0, 0.1) is 0 Å². The average Bonchev–Trinajstić information content (AvgIpc) is 2.29. The molecule has 0 amide bonds. The summed E-state index contributed by atoms with van der Waals surface area (Å²) in [4.78, 5) is 0. The number of rotatable bonds is 6. The van der Waals surface area contributed by atoms with Crippen molar-refractivity contribution in [2.24, 2.45) is 0 Å². The van der Waals surface area contributed by atoms with Crippen molar-refractivity contribution in [3.05, 3.63) is 24.3 Å². The molecular weight excluding hydrogens is 200 g/mol. The first-order valence-corrected chi connectivity index (χ1v) is 6.09. The Hall–Kier alpha value is -1.18. The number of benzene rings is 1. The minimum Gasteiger partial charge on any atom is -0.491 e. The van der Waals surface area contributed by atoms with Gasteiger partial charge in [-0.25, -0.2) is 0 Å². The molecule has 0 N–H and O–H groups in total. The predicted molar refractivity (Wildman–Crippen MR) is 67.2 cm³/mol. The third kappa shape index (κ3) is 4.13. The molecule has 0 aliphatic heterocycles. The topological polar surface area (TPSA) is 18.5 Å². The largest absolute Gasteiger partial charge is 0.491 e. The highest BCUT2D eigenvalue weighted by Gasteiger charge is 2.04. The summed E-state index contributed by atoms with van der Waals surface area (Å²) in [5.41, 5.74) is 0. The van der Waals surface area contributed by atoms with Crippen molar-refractivity contribution in [3.8, 4) is 11.5 Å². The van der Waals surface area contributed by atoms with Gasteiger partial charge in [0, 0.05) is 6.07 Å². The quantitative estimate of drug-likeness (QED) is 0.723. The Bertz CT molecular complexity index is 282. The van der Waals surface area contributed by atoms with Crippen LogP contribution in [0.5, 0.6) is 11.5 Å². The molecule has 0 aromatic heterocycles. The van der Waals surface area contributed by atoms with E-state index in [0.29, 0.717) is 0 Å². The van der Waals surface area contributed by atoms with Crippen LogP contribution in [0.4, 0.5) is 0 Å². The normalized spacial score (nSPS) is 14.2. The first kappa shape index (κ1) is 12.9. The minimum atomic E-state index is 0.249. The van der Waals surface area contributed by atoms with E-state index in [1.807, 2.05) is 24.3 Å². The Labute approximate surface area is 98.6 Å². The van der Waals surface area contributed by atoms with Crippen molar-refractivity contribution in [1.29, 1.82) is 0 Å². The molecule has 0 aliphatic rings. The van der Waals surface area contributed by atoms with E-state index >= 15 is 0 Å². The number of hydrogen-bond acceptors (Lipinski definition) is 2. The van der Waals surface area contributed by atoms with E-state index in [4.69, 9.17) is 9.47 Å². The predicted octanol–water partition coefficient (Wildman–Crippen LogP) is 4.04. The van der Waals surface area contributed by atoms with Gasteiger partial charge in [-0.3, -0.25) is 0 Å². The van der Waals surface area contributed by atoms with Crippen molar-refractivity contribution in [2.45, 2.75) is 52.7 Å². The molecule has 2 heteroatoms. The highest BCUT2D eigenvalue weighted by Crippen LogP contribution is 2.22. The molecule has 0 bridgehead atoms. The van der Waals surface area contributed by atoms with E-state index in [1.165, 1.54) is 0 Å². The maximum atomic E-state index is 5.74. The third-order valence-corrected chi connectivity index (χ3v) is 2.63. The van der Waals surface area contributed by atoms with Crippen LogP contribution in [0.15, 0.2) is 24.3 Å². The van der Waals surface area contributed by atoms with Gasteiger partial charge < -0.3 is 9.47 Å². The van der Waals surface area contributed by atoms with Gasteiger partial charge in [0.15, 0.2) is 0 Å². The summed E-state index contributed by atoms with van der Waals surface area (Å²) < 4.78 is 11.5. The first-order valence-electron chi connectivity index (χ1n) is 6.09. The summed E-state index contributed by atoms with van der Waals surface area (Å²) >= 11 is 0. The molecule has 0 saturated carbocycles. The van der Waals surface area contributed by atoms with Crippen molar-refractivity contribution >= 4 is 0 Å². The van der Waals surface area contributed by atoms with E-state index in [0.717, 1.165) is 24.3 Å². The maximum absolute atomic E-state index is 5.74. The Morgan fingerprint density at radius 2 is 1.38 bits per heavy atom. The van der Waals surface area contributed by atoms with Gasteiger partial charge in [0.1, 0.15) is 11.5 Å². The van der Waals surface area contributed by atoms with E-state index in [-0.39, 0.29) is 12.2 Å². The monoisotopic (exact) mass is 222 g/mol. The molecule has 2 atom stereocenters. The van der Waals surface area contributed by atoms with E-state index in [1.54, 1.807) is 0 Å². The molecule has 90 valence electrons. The molecule has 0 fully saturated rings. The average molecular weight is 222 g/mol. The molecule has 0 spiro atoms. The molecule has 16 heavy (non-hydrogen) atoms. The zero-order valence-corrected chi connectivity index (χ0v) is 10.7. The molecule has 1 aromatic carbocycles. The highest BCUT2D eigenvalue weighted by molar-refractivity contribution is 5.33. The van der Waals surface area contributed by atoms with Crippen LogP contribution in [0.1, 0.15) is 40.5 Å². The van der Waals surface area contributed by atoms with Crippen LogP contribution in [0.2, 0.25) is 0 Å². The molecule has 0 saturated heterocycles. The maximum Gasteiger partial charge on any atom is 0.123 e. The summed E-state index contributed by atoms with van der Waals surface area (Å²) in [7, 11) is 0. The van der Waals surface area contributed by atoms with E-state index in [2.05, 4.69) is 27.7 Å². The Kier molecular flexibility index (Phi) is 5.17. The van der Waals surface area contributed by atoms with Crippen molar-refractivity contribution in [3.63, 3.8) is 0 Å². The fourth-order valence-electron chi connectivity index (χ4n) is 1.25. The Morgan fingerprint density at radius 1 is 0.938 bits per heavy atom. The lowest BCUT2D eigenvalue weighted by molar-refractivity contribution is 0.205. The fourth-order valence-corrected chi connectivity index (χ4v) is 1.25. The zero-order chi connectivity index (χ0) is 12.0. The van der Waals surface area contributed by atoms with Gasteiger partial charge in [0.2, 0.25) is 0 Å². The first-order chi connectivity index (χ1) is 7.65. The lowest BCUT2D eigenvalue weighted by Gasteiger charge is -2.15. The standard InChI is InChI=1S/C14H22O2/c1-5-11(3)15-13-8-7-9-14(10-13)16-12(4)6-2/h7-12H,5-6H2,1-4H3. The number of hydrogen-bond donors (Lipinski definition) is 0. The fraction of sp³-hybridized carbons (Fsp3) is 0.571. The summed E-state index contributed by atoms with van der Waals surface area (Å²) in [5.74, 6) is 1.77. The van der Waals surface area contributed by atoms with Crippen LogP contribution in [0.3, 0.4) is 0 Å². The Morgan fingerprint density at radius 3 is 1.75 bits per heavy atom. The van der Waals surface area contributed by atoms with Crippen LogP contribution in [-0.2, 0) is 0 Å². The van der Waals surface area contributed by atoms with Crippen LogP contribution in [-0.4, -0.2) is 12.2 Å². The van der Waals surface area contributed by atoms with Crippen LogP contribution < -0.4 is 9.47 Å². The van der Waals surface area contributed by atoms with Crippen molar-refractivity contribution in [1.82, 2.24) is 0 Å². The highest BCUT2D eigenvalue weighted by atomic mass is 16.5. The zero-order valence-electron chi connectivity index (χ0n) is 10.7. The summed E-state index contributed by atoms with van der Waals surface area (Å²) in [6, 6.07) is 7.86. The molecule has 1 aromatic rings. The molecule has 2 nitrogen and oxygen atoms in total. The van der Waals surface area contributed by atoms with Crippen LogP contribution in [0.25, 0.3) is 0 Å². The summed E-state index contributed by atoms with van der Waals surface area (Å²) in [6.45, 7) is 8.37. The molecule has 2 unspecified atom stereocenters. The van der Waals surface area contributed by atoms with E-state index in [9.17, 15) is 0 Å². The van der Waals surface area contributed by atoms with E-state index < -0.39 is 0 Å². The van der Waals surface area contributed by atoms with Gasteiger partial charge >= 0.3 is 0 Å².